The lowest BCUT2D eigenvalue weighted by Gasteiger charge is -2.17. The first-order valence-corrected chi connectivity index (χ1v) is 6.13. The van der Waals surface area contributed by atoms with Gasteiger partial charge in [0.05, 0.1) is 3.39 Å². The van der Waals surface area contributed by atoms with Crippen molar-refractivity contribution in [2.45, 2.75) is 12.8 Å². The van der Waals surface area contributed by atoms with Gasteiger partial charge in [-0.15, -0.1) is 0 Å². The van der Waals surface area contributed by atoms with E-state index in [4.69, 9.17) is 0 Å². The van der Waals surface area contributed by atoms with Crippen LogP contribution in [0.2, 0.25) is 0 Å². The molecule has 0 aromatic heterocycles. The largest absolute Gasteiger partial charge is 0.161 e. The van der Waals surface area contributed by atoms with Crippen molar-refractivity contribution in [3.8, 4) is 0 Å². The summed E-state index contributed by atoms with van der Waals surface area (Å²) < 4.78 is 1.10. The number of rotatable bonds is 1. The Morgan fingerprint density at radius 1 is 1.50 bits per heavy atom. The van der Waals surface area contributed by atoms with E-state index in [-0.39, 0.29) is 0 Å². The van der Waals surface area contributed by atoms with E-state index in [1.807, 2.05) is 0 Å². The molecule has 0 bridgehead atoms. The molecule has 58 valence electrons. The van der Waals surface area contributed by atoms with Gasteiger partial charge in [0.15, 0.2) is 0 Å². The van der Waals surface area contributed by atoms with Crippen LogP contribution in [0.3, 0.4) is 0 Å². The fourth-order valence-electron chi connectivity index (χ4n) is 1.08. The molecule has 0 nitrogen and oxygen atoms in total. The van der Waals surface area contributed by atoms with Gasteiger partial charge in [-0.25, -0.2) is 0 Å². The Morgan fingerprint density at radius 2 is 2.30 bits per heavy atom. The van der Waals surface area contributed by atoms with Crippen LogP contribution in [0.25, 0.3) is 0 Å². The lowest BCUT2D eigenvalue weighted by atomic mass is 10.1. The molecular formula is C7H10Br2S. The third-order valence-corrected chi connectivity index (χ3v) is 3.33. The molecule has 1 rings (SSSR count). The summed E-state index contributed by atoms with van der Waals surface area (Å²) >= 11 is 8.82. The molecule has 0 aromatic rings. The molecule has 0 aromatic carbocycles. The second kappa shape index (κ2) is 4.83. The highest BCUT2D eigenvalue weighted by atomic mass is 79.9. The molecule has 0 saturated carbocycles. The SMILES string of the molecule is BrC(Br)=CC1CCCSC1. The first kappa shape index (κ1) is 9.14. The molecule has 1 aliphatic rings. The topological polar surface area (TPSA) is 0 Å². The fraction of sp³-hybridized carbons (Fsp3) is 0.714. The minimum atomic E-state index is 0.785. The Bertz CT molecular complexity index is 124. The molecule has 1 heterocycles. The Morgan fingerprint density at radius 3 is 2.80 bits per heavy atom. The molecule has 1 fully saturated rings. The zero-order valence-corrected chi connectivity index (χ0v) is 9.64. The van der Waals surface area contributed by atoms with Crippen LogP contribution < -0.4 is 0 Å². The summed E-state index contributed by atoms with van der Waals surface area (Å²) in [5.41, 5.74) is 0. The zero-order valence-electron chi connectivity index (χ0n) is 5.65. The standard InChI is InChI=1S/C7H10Br2S/c8-7(9)4-6-2-1-3-10-5-6/h4,6H,1-3,5H2. The third-order valence-electron chi connectivity index (χ3n) is 1.56. The second-order valence-corrected chi connectivity index (χ2v) is 6.36. The molecule has 0 amide bonds. The lowest BCUT2D eigenvalue weighted by Crippen LogP contribution is -2.07. The number of thioether (sulfide) groups is 1. The molecule has 0 spiro atoms. The summed E-state index contributed by atoms with van der Waals surface area (Å²) in [4.78, 5) is 0. The number of allylic oxidation sites excluding steroid dienone is 1. The summed E-state index contributed by atoms with van der Waals surface area (Å²) in [6.07, 6.45) is 4.99. The van der Waals surface area contributed by atoms with Crippen molar-refractivity contribution >= 4 is 43.6 Å². The number of hydrogen-bond acceptors (Lipinski definition) is 1. The summed E-state index contributed by atoms with van der Waals surface area (Å²) in [6.45, 7) is 0. The van der Waals surface area contributed by atoms with Gasteiger partial charge >= 0.3 is 0 Å². The summed E-state index contributed by atoms with van der Waals surface area (Å²) in [7, 11) is 0. The van der Waals surface area contributed by atoms with Crippen LogP contribution in [0.1, 0.15) is 12.8 Å². The van der Waals surface area contributed by atoms with Gasteiger partial charge in [-0.1, -0.05) is 6.08 Å². The van der Waals surface area contributed by atoms with Crippen LogP contribution >= 0.6 is 43.6 Å². The molecule has 0 aliphatic carbocycles. The van der Waals surface area contributed by atoms with E-state index in [9.17, 15) is 0 Å². The smallest absolute Gasteiger partial charge is 0.0567 e. The van der Waals surface area contributed by atoms with Gasteiger partial charge in [-0.05, 0) is 62.1 Å². The van der Waals surface area contributed by atoms with Crippen LogP contribution in [0.15, 0.2) is 9.47 Å². The minimum absolute atomic E-state index is 0.785. The maximum Gasteiger partial charge on any atom is 0.0567 e. The van der Waals surface area contributed by atoms with Crippen molar-refractivity contribution < 1.29 is 0 Å². The van der Waals surface area contributed by atoms with E-state index < -0.39 is 0 Å². The first-order valence-electron chi connectivity index (χ1n) is 3.39. The van der Waals surface area contributed by atoms with Gasteiger partial charge in [0, 0.05) is 0 Å². The maximum absolute atomic E-state index is 3.38. The van der Waals surface area contributed by atoms with E-state index in [1.165, 1.54) is 24.3 Å². The highest BCUT2D eigenvalue weighted by Gasteiger charge is 2.10. The molecule has 1 saturated heterocycles. The highest BCUT2D eigenvalue weighted by molar-refractivity contribution is 9.28. The van der Waals surface area contributed by atoms with Crippen molar-refractivity contribution in [1.82, 2.24) is 0 Å². The fourth-order valence-corrected chi connectivity index (χ4v) is 2.93. The van der Waals surface area contributed by atoms with E-state index >= 15 is 0 Å². The summed E-state index contributed by atoms with van der Waals surface area (Å²) in [5.74, 6) is 3.43. The van der Waals surface area contributed by atoms with E-state index in [2.05, 4.69) is 49.7 Å². The minimum Gasteiger partial charge on any atom is -0.161 e. The summed E-state index contributed by atoms with van der Waals surface area (Å²) in [5, 5.41) is 0. The summed E-state index contributed by atoms with van der Waals surface area (Å²) in [6, 6.07) is 0. The van der Waals surface area contributed by atoms with Crippen molar-refractivity contribution in [2.75, 3.05) is 11.5 Å². The molecule has 10 heavy (non-hydrogen) atoms. The van der Waals surface area contributed by atoms with Crippen molar-refractivity contribution in [3.05, 3.63) is 9.47 Å². The van der Waals surface area contributed by atoms with Crippen LogP contribution in [0, 0.1) is 5.92 Å². The van der Waals surface area contributed by atoms with Crippen LogP contribution in [-0.2, 0) is 0 Å². The number of halogens is 2. The molecule has 0 radical (unpaired) electrons. The normalized spacial score (nSPS) is 26.0. The van der Waals surface area contributed by atoms with Crippen molar-refractivity contribution in [2.24, 2.45) is 5.92 Å². The quantitative estimate of drug-likeness (QED) is 0.707. The van der Waals surface area contributed by atoms with Gasteiger partial charge in [-0.3, -0.25) is 0 Å². The average Bonchev–Trinajstić information content (AvgIpc) is 1.88. The van der Waals surface area contributed by atoms with Gasteiger partial charge < -0.3 is 0 Å². The van der Waals surface area contributed by atoms with Gasteiger partial charge in [0.25, 0.3) is 0 Å². The predicted octanol–water partition coefficient (Wildman–Crippen LogP) is 3.76. The zero-order chi connectivity index (χ0) is 7.40. The van der Waals surface area contributed by atoms with Crippen molar-refractivity contribution in [1.29, 1.82) is 0 Å². The first-order chi connectivity index (χ1) is 4.79. The van der Waals surface area contributed by atoms with Gasteiger partial charge in [0.1, 0.15) is 0 Å². The molecule has 1 aliphatic heterocycles. The Labute approximate surface area is 83.1 Å². The Balaban J connectivity index is 2.33. The van der Waals surface area contributed by atoms with E-state index in [0.29, 0.717) is 0 Å². The van der Waals surface area contributed by atoms with Crippen LogP contribution in [-0.4, -0.2) is 11.5 Å². The maximum atomic E-state index is 3.38. The van der Waals surface area contributed by atoms with Gasteiger partial charge in [-0.2, -0.15) is 11.8 Å². The number of hydrogen-bond donors (Lipinski definition) is 0. The van der Waals surface area contributed by atoms with Crippen LogP contribution in [0.5, 0.6) is 0 Å². The molecule has 1 atom stereocenters. The Hall–Kier alpha value is 1.05. The van der Waals surface area contributed by atoms with Crippen molar-refractivity contribution in [3.63, 3.8) is 0 Å². The molecular weight excluding hydrogens is 276 g/mol. The molecule has 0 N–H and O–H groups in total. The molecule has 1 unspecified atom stereocenters. The van der Waals surface area contributed by atoms with E-state index in [0.717, 1.165) is 9.31 Å². The van der Waals surface area contributed by atoms with E-state index in [1.54, 1.807) is 0 Å². The predicted molar refractivity (Wildman–Crippen MR) is 56.0 cm³/mol. The molecule has 3 heteroatoms. The highest BCUT2D eigenvalue weighted by Crippen LogP contribution is 2.27. The van der Waals surface area contributed by atoms with Gasteiger partial charge in [0.2, 0.25) is 0 Å². The second-order valence-electron chi connectivity index (χ2n) is 2.43. The monoisotopic (exact) mass is 284 g/mol. The van der Waals surface area contributed by atoms with Crippen LogP contribution in [0.4, 0.5) is 0 Å². The lowest BCUT2D eigenvalue weighted by molar-refractivity contribution is 0.630. The Kier molecular flexibility index (Phi) is 4.42. The average molecular weight is 286 g/mol. The third kappa shape index (κ3) is 3.44.